The minimum Gasteiger partial charge on any atom is -0.371 e. The first kappa shape index (κ1) is 12.8. The fraction of sp³-hybridized carbons (Fsp3) is 0.800. The number of rotatable bonds is 4. The molecule has 86 valence electrons. The molecule has 0 saturated carbocycles. The van der Waals surface area contributed by atoms with Crippen molar-refractivity contribution in [2.24, 2.45) is 0 Å². The molecule has 1 saturated heterocycles. The van der Waals surface area contributed by atoms with Gasteiger partial charge in [-0.3, -0.25) is 4.79 Å². The number of likely N-dealkylation sites (tertiary alicyclic amines) is 1. The summed E-state index contributed by atoms with van der Waals surface area (Å²) in [5.74, 6) is 0.258. The Balaban J connectivity index is 2.31. The van der Waals surface area contributed by atoms with Crippen LogP contribution in [0.15, 0.2) is 0 Å². The van der Waals surface area contributed by atoms with Crippen LogP contribution in [-0.4, -0.2) is 33.6 Å². The number of thioether (sulfide) groups is 1. The molecule has 0 aromatic carbocycles. The van der Waals surface area contributed by atoms with Crippen molar-refractivity contribution in [3.8, 4) is 0 Å². The fourth-order valence-electron chi connectivity index (χ4n) is 1.54. The average Bonchev–Trinajstić information content (AvgIpc) is 2.61. The van der Waals surface area contributed by atoms with Crippen molar-refractivity contribution in [2.75, 3.05) is 13.1 Å². The molecule has 1 amide bonds. The highest BCUT2D eigenvalue weighted by Gasteiger charge is 2.25. The van der Waals surface area contributed by atoms with Gasteiger partial charge in [0.05, 0.1) is 5.37 Å². The van der Waals surface area contributed by atoms with E-state index in [0.29, 0.717) is 6.42 Å². The van der Waals surface area contributed by atoms with Gasteiger partial charge in [0.1, 0.15) is 4.32 Å². The first-order valence-corrected chi connectivity index (χ1v) is 6.68. The summed E-state index contributed by atoms with van der Waals surface area (Å²) >= 11 is 6.75. The summed E-state index contributed by atoms with van der Waals surface area (Å²) in [6, 6.07) is 0. The summed E-state index contributed by atoms with van der Waals surface area (Å²) in [6.07, 6.45) is 2.75. The van der Waals surface area contributed by atoms with Crippen molar-refractivity contribution in [2.45, 2.75) is 38.5 Å². The molecule has 1 N–H and O–H groups in total. The van der Waals surface area contributed by atoms with Gasteiger partial charge in [-0.15, -0.1) is 0 Å². The van der Waals surface area contributed by atoms with E-state index in [9.17, 15) is 4.79 Å². The van der Waals surface area contributed by atoms with E-state index in [1.165, 1.54) is 0 Å². The molecular formula is C10H18N2OS2. The number of carbonyl (C=O) groups is 1. The number of hydrogen-bond acceptors (Lipinski definition) is 3. The number of nitrogens with zero attached hydrogens (tertiary/aromatic N) is 1. The number of nitrogens with one attached hydrogen (secondary N) is 1. The monoisotopic (exact) mass is 246 g/mol. The van der Waals surface area contributed by atoms with E-state index in [1.54, 1.807) is 11.8 Å². The Morgan fingerprint density at radius 1 is 1.73 bits per heavy atom. The van der Waals surface area contributed by atoms with Crippen molar-refractivity contribution in [1.29, 1.82) is 0 Å². The summed E-state index contributed by atoms with van der Waals surface area (Å²) in [4.78, 5) is 13.4. The topological polar surface area (TPSA) is 32.3 Å². The van der Waals surface area contributed by atoms with Gasteiger partial charge in [0.25, 0.3) is 0 Å². The second kappa shape index (κ2) is 6.33. The van der Waals surface area contributed by atoms with Crippen molar-refractivity contribution >= 4 is 34.2 Å². The second-order valence-electron chi connectivity index (χ2n) is 3.62. The molecule has 0 radical (unpaired) electrons. The minimum absolute atomic E-state index is 0.164. The molecule has 1 heterocycles. The first-order chi connectivity index (χ1) is 7.15. The smallest absolute Gasteiger partial charge is 0.223 e. The Morgan fingerprint density at radius 3 is 3.00 bits per heavy atom. The van der Waals surface area contributed by atoms with Gasteiger partial charge in [-0.2, -0.15) is 0 Å². The number of carbonyl (C=O) groups excluding carboxylic acids is 1. The van der Waals surface area contributed by atoms with E-state index in [4.69, 9.17) is 12.2 Å². The lowest BCUT2D eigenvalue weighted by Gasteiger charge is -2.23. The maximum absolute atomic E-state index is 11.5. The molecule has 1 unspecified atom stereocenters. The summed E-state index contributed by atoms with van der Waals surface area (Å²) in [6.45, 7) is 5.93. The lowest BCUT2D eigenvalue weighted by Crippen LogP contribution is -2.34. The van der Waals surface area contributed by atoms with Gasteiger partial charge < -0.3 is 10.2 Å². The normalized spacial score (nSPS) is 18.0. The zero-order valence-electron chi connectivity index (χ0n) is 9.28. The van der Waals surface area contributed by atoms with Crippen LogP contribution < -0.4 is 5.32 Å². The van der Waals surface area contributed by atoms with Crippen LogP contribution in [0.25, 0.3) is 0 Å². The molecular weight excluding hydrogens is 228 g/mol. The Labute approximate surface area is 101 Å². The zero-order valence-corrected chi connectivity index (χ0v) is 10.9. The summed E-state index contributed by atoms with van der Waals surface area (Å²) < 4.78 is 0.795. The first-order valence-electron chi connectivity index (χ1n) is 5.39. The largest absolute Gasteiger partial charge is 0.371 e. The summed E-state index contributed by atoms with van der Waals surface area (Å²) in [5, 5.41) is 3.32. The van der Waals surface area contributed by atoms with Crippen molar-refractivity contribution in [1.82, 2.24) is 10.2 Å². The lowest BCUT2D eigenvalue weighted by atomic mass is 10.4. The van der Waals surface area contributed by atoms with E-state index in [0.717, 1.165) is 30.3 Å². The summed E-state index contributed by atoms with van der Waals surface area (Å²) in [7, 11) is 0. The predicted octanol–water partition coefficient (Wildman–Crippen LogP) is 1.97. The highest BCUT2D eigenvalue weighted by Crippen LogP contribution is 2.21. The molecule has 1 rings (SSSR count). The Kier molecular flexibility index (Phi) is 5.39. The zero-order chi connectivity index (χ0) is 11.3. The van der Waals surface area contributed by atoms with Gasteiger partial charge in [-0.25, -0.2) is 0 Å². The van der Waals surface area contributed by atoms with Gasteiger partial charge in [0.15, 0.2) is 0 Å². The molecule has 1 aliphatic heterocycles. The molecule has 3 nitrogen and oxygen atoms in total. The van der Waals surface area contributed by atoms with Gasteiger partial charge in [0.2, 0.25) is 5.91 Å². The van der Waals surface area contributed by atoms with E-state index < -0.39 is 0 Å². The van der Waals surface area contributed by atoms with Crippen LogP contribution in [0, 0.1) is 0 Å². The number of thiocarbonyl (C=S) groups is 1. The van der Waals surface area contributed by atoms with E-state index >= 15 is 0 Å². The van der Waals surface area contributed by atoms with Crippen LogP contribution in [0.4, 0.5) is 0 Å². The minimum atomic E-state index is 0.164. The Hall–Kier alpha value is -0.290. The van der Waals surface area contributed by atoms with Crippen LogP contribution in [0.3, 0.4) is 0 Å². The molecule has 1 aliphatic rings. The van der Waals surface area contributed by atoms with E-state index in [1.807, 2.05) is 11.8 Å². The van der Waals surface area contributed by atoms with Gasteiger partial charge in [-0.05, 0) is 19.8 Å². The maximum atomic E-state index is 11.5. The van der Waals surface area contributed by atoms with Crippen LogP contribution in [0.5, 0.6) is 0 Å². The highest BCUT2D eigenvalue weighted by atomic mass is 32.2. The number of amides is 1. The fourth-order valence-corrected chi connectivity index (χ4v) is 2.91. The SMILES string of the molecule is CCCNC(=S)SC(C)N1CCCC1=O. The van der Waals surface area contributed by atoms with Crippen molar-refractivity contribution < 1.29 is 4.79 Å². The van der Waals surface area contributed by atoms with Crippen LogP contribution in [0.1, 0.15) is 33.1 Å². The molecule has 0 spiro atoms. The molecule has 1 fully saturated rings. The standard InChI is InChI=1S/C10H18N2OS2/c1-3-6-11-10(14)15-8(2)12-7-4-5-9(12)13/h8H,3-7H2,1-2H3,(H,11,14). The van der Waals surface area contributed by atoms with Gasteiger partial charge in [-0.1, -0.05) is 30.9 Å². The van der Waals surface area contributed by atoms with Crippen LogP contribution >= 0.6 is 24.0 Å². The number of hydrogen-bond donors (Lipinski definition) is 1. The van der Waals surface area contributed by atoms with Gasteiger partial charge in [0, 0.05) is 19.5 Å². The molecule has 0 bridgehead atoms. The molecule has 0 aliphatic carbocycles. The van der Waals surface area contributed by atoms with E-state index in [2.05, 4.69) is 12.2 Å². The molecule has 5 heteroatoms. The van der Waals surface area contributed by atoms with Crippen LogP contribution in [0.2, 0.25) is 0 Å². The Bertz CT molecular complexity index is 246. The third-order valence-corrected chi connectivity index (χ3v) is 3.73. The average molecular weight is 246 g/mol. The maximum Gasteiger partial charge on any atom is 0.223 e. The highest BCUT2D eigenvalue weighted by molar-refractivity contribution is 8.23. The second-order valence-corrected chi connectivity index (χ2v) is 5.61. The molecule has 0 aromatic rings. The third kappa shape index (κ3) is 3.99. The van der Waals surface area contributed by atoms with Crippen LogP contribution in [-0.2, 0) is 4.79 Å². The Morgan fingerprint density at radius 2 is 2.47 bits per heavy atom. The summed E-state index contributed by atoms with van der Waals surface area (Å²) in [5.41, 5.74) is 0. The van der Waals surface area contributed by atoms with E-state index in [-0.39, 0.29) is 11.3 Å². The third-order valence-electron chi connectivity index (χ3n) is 2.35. The predicted molar refractivity (Wildman–Crippen MR) is 68.9 cm³/mol. The van der Waals surface area contributed by atoms with Gasteiger partial charge >= 0.3 is 0 Å². The quantitative estimate of drug-likeness (QED) is 0.769. The lowest BCUT2D eigenvalue weighted by molar-refractivity contribution is -0.128. The van der Waals surface area contributed by atoms with Crippen molar-refractivity contribution in [3.05, 3.63) is 0 Å². The molecule has 15 heavy (non-hydrogen) atoms. The molecule has 1 atom stereocenters. The van der Waals surface area contributed by atoms with Crippen molar-refractivity contribution in [3.63, 3.8) is 0 Å². The molecule has 0 aromatic heterocycles.